The van der Waals surface area contributed by atoms with Crippen LogP contribution in [0.1, 0.15) is 37.8 Å². The molecule has 110 valence electrons. The van der Waals surface area contributed by atoms with Gasteiger partial charge in [-0.05, 0) is 69.5 Å². The Hall–Kier alpha value is -0.860. The molecule has 0 heterocycles. The molecule has 1 aromatic rings. The zero-order chi connectivity index (χ0) is 14.3. The SMILES string of the molecule is CC(C)N(C)C1(CN)C2CCC1Cc1ccccc1C2. The number of rotatable bonds is 3. The second-order valence-corrected chi connectivity index (χ2v) is 7.05. The van der Waals surface area contributed by atoms with Gasteiger partial charge in [0.1, 0.15) is 0 Å². The minimum atomic E-state index is 0.202. The fourth-order valence-electron chi connectivity index (χ4n) is 4.81. The maximum atomic E-state index is 6.36. The quantitative estimate of drug-likeness (QED) is 0.917. The Morgan fingerprint density at radius 1 is 1.15 bits per heavy atom. The van der Waals surface area contributed by atoms with E-state index in [4.69, 9.17) is 5.73 Å². The third-order valence-corrected chi connectivity index (χ3v) is 6.09. The van der Waals surface area contributed by atoms with E-state index in [2.05, 4.69) is 50.1 Å². The molecule has 3 rings (SSSR count). The highest BCUT2D eigenvalue weighted by atomic mass is 15.2. The van der Waals surface area contributed by atoms with E-state index in [0.717, 1.165) is 6.54 Å². The van der Waals surface area contributed by atoms with E-state index >= 15 is 0 Å². The lowest BCUT2D eigenvalue weighted by Crippen LogP contribution is -2.61. The lowest BCUT2D eigenvalue weighted by atomic mass is 9.77. The monoisotopic (exact) mass is 272 g/mol. The predicted molar refractivity (Wildman–Crippen MR) is 84.7 cm³/mol. The van der Waals surface area contributed by atoms with Crippen LogP contribution in [0, 0.1) is 11.8 Å². The molecule has 0 saturated heterocycles. The van der Waals surface area contributed by atoms with Gasteiger partial charge >= 0.3 is 0 Å². The highest BCUT2D eigenvalue weighted by Crippen LogP contribution is 2.50. The number of hydrogen-bond donors (Lipinski definition) is 1. The number of fused-ring (bicyclic) bond motifs is 3. The van der Waals surface area contributed by atoms with Gasteiger partial charge in [-0.15, -0.1) is 0 Å². The van der Waals surface area contributed by atoms with Crippen LogP contribution in [-0.4, -0.2) is 30.1 Å². The van der Waals surface area contributed by atoms with E-state index in [-0.39, 0.29) is 5.54 Å². The van der Waals surface area contributed by atoms with Crippen molar-refractivity contribution in [1.29, 1.82) is 0 Å². The normalized spacial score (nSPS) is 32.5. The maximum Gasteiger partial charge on any atom is 0.0393 e. The van der Waals surface area contributed by atoms with Gasteiger partial charge in [-0.25, -0.2) is 0 Å². The van der Waals surface area contributed by atoms with Gasteiger partial charge in [-0.2, -0.15) is 0 Å². The van der Waals surface area contributed by atoms with Crippen molar-refractivity contribution < 1.29 is 0 Å². The van der Waals surface area contributed by atoms with E-state index in [9.17, 15) is 0 Å². The van der Waals surface area contributed by atoms with Gasteiger partial charge in [0.05, 0.1) is 0 Å². The molecule has 2 unspecified atom stereocenters. The summed E-state index contributed by atoms with van der Waals surface area (Å²) in [6.45, 7) is 5.40. The third kappa shape index (κ3) is 1.93. The Balaban J connectivity index is 2.03. The first kappa shape index (κ1) is 14.1. The molecular formula is C18H28N2. The van der Waals surface area contributed by atoms with Crippen molar-refractivity contribution in [2.24, 2.45) is 17.6 Å². The van der Waals surface area contributed by atoms with Crippen molar-refractivity contribution in [1.82, 2.24) is 4.90 Å². The van der Waals surface area contributed by atoms with Crippen molar-refractivity contribution in [2.45, 2.75) is 51.1 Å². The predicted octanol–water partition coefficient (Wildman–Crippen LogP) is 2.85. The average molecular weight is 272 g/mol. The molecule has 0 spiro atoms. The lowest BCUT2D eigenvalue weighted by Gasteiger charge is -2.48. The fourth-order valence-corrected chi connectivity index (χ4v) is 4.81. The molecule has 2 aliphatic rings. The summed E-state index contributed by atoms with van der Waals surface area (Å²) in [7, 11) is 2.29. The largest absolute Gasteiger partial charge is 0.329 e. The molecule has 2 N–H and O–H groups in total. The Bertz CT molecular complexity index is 447. The van der Waals surface area contributed by atoms with Gasteiger partial charge in [0.25, 0.3) is 0 Å². The van der Waals surface area contributed by atoms with Crippen molar-refractivity contribution in [3.8, 4) is 0 Å². The Morgan fingerprint density at radius 3 is 2.05 bits per heavy atom. The summed E-state index contributed by atoms with van der Waals surface area (Å²) in [6.07, 6.45) is 5.10. The van der Waals surface area contributed by atoms with Crippen LogP contribution >= 0.6 is 0 Å². The van der Waals surface area contributed by atoms with Crippen LogP contribution < -0.4 is 5.73 Å². The Kier molecular flexibility index (Phi) is 3.64. The van der Waals surface area contributed by atoms with Gasteiger partial charge in [0.15, 0.2) is 0 Å². The lowest BCUT2D eigenvalue weighted by molar-refractivity contribution is 0.0222. The molecule has 0 aliphatic heterocycles. The summed E-state index contributed by atoms with van der Waals surface area (Å²) < 4.78 is 0. The summed E-state index contributed by atoms with van der Waals surface area (Å²) in [5.41, 5.74) is 9.69. The highest BCUT2D eigenvalue weighted by Gasteiger charge is 2.53. The molecule has 20 heavy (non-hydrogen) atoms. The van der Waals surface area contributed by atoms with E-state index in [1.807, 2.05) is 0 Å². The second kappa shape index (κ2) is 5.16. The molecule has 1 aromatic carbocycles. The third-order valence-electron chi connectivity index (χ3n) is 6.09. The van der Waals surface area contributed by atoms with Gasteiger partial charge < -0.3 is 5.73 Å². The zero-order valence-corrected chi connectivity index (χ0v) is 13.1. The first-order valence-electron chi connectivity index (χ1n) is 8.09. The first-order chi connectivity index (χ1) is 9.59. The number of hydrogen-bond acceptors (Lipinski definition) is 2. The summed E-state index contributed by atoms with van der Waals surface area (Å²) in [6, 6.07) is 9.59. The Morgan fingerprint density at radius 2 is 1.65 bits per heavy atom. The average Bonchev–Trinajstić information content (AvgIpc) is 2.69. The van der Waals surface area contributed by atoms with Gasteiger partial charge in [0.2, 0.25) is 0 Å². The zero-order valence-electron chi connectivity index (χ0n) is 13.1. The molecule has 2 bridgehead atoms. The number of benzene rings is 1. The summed E-state index contributed by atoms with van der Waals surface area (Å²) in [5, 5.41) is 0. The van der Waals surface area contributed by atoms with Crippen LogP contribution in [0.3, 0.4) is 0 Å². The van der Waals surface area contributed by atoms with Gasteiger partial charge in [-0.1, -0.05) is 24.3 Å². The van der Waals surface area contributed by atoms with Crippen molar-refractivity contribution >= 4 is 0 Å². The summed E-state index contributed by atoms with van der Waals surface area (Å²) >= 11 is 0. The van der Waals surface area contributed by atoms with Crippen molar-refractivity contribution in [2.75, 3.05) is 13.6 Å². The fraction of sp³-hybridized carbons (Fsp3) is 0.667. The van der Waals surface area contributed by atoms with Crippen molar-refractivity contribution in [3.05, 3.63) is 35.4 Å². The Labute approximate surface area is 123 Å². The minimum Gasteiger partial charge on any atom is -0.329 e. The van der Waals surface area contributed by atoms with Crippen LogP contribution in [-0.2, 0) is 12.8 Å². The molecule has 0 aromatic heterocycles. The smallest absolute Gasteiger partial charge is 0.0393 e. The summed E-state index contributed by atoms with van der Waals surface area (Å²) in [5.74, 6) is 1.43. The standard InChI is InChI=1S/C18H28N2/c1-13(2)20(3)18(12-19)16-8-9-17(18)11-15-7-5-4-6-14(15)10-16/h4-7,13,16-17H,8-12,19H2,1-3H3. The van der Waals surface area contributed by atoms with Gasteiger partial charge in [-0.3, -0.25) is 4.90 Å². The molecule has 2 aliphatic carbocycles. The number of nitrogens with zero attached hydrogens (tertiary/aromatic N) is 1. The van der Waals surface area contributed by atoms with Crippen LogP contribution in [0.2, 0.25) is 0 Å². The molecule has 1 saturated carbocycles. The molecule has 2 heteroatoms. The van der Waals surface area contributed by atoms with Gasteiger partial charge in [0, 0.05) is 18.1 Å². The minimum absolute atomic E-state index is 0.202. The highest BCUT2D eigenvalue weighted by molar-refractivity contribution is 5.32. The number of nitrogens with two attached hydrogens (primary N) is 1. The van der Waals surface area contributed by atoms with E-state index < -0.39 is 0 Å². The number of likely N-dealkylation sites (N-methyl/N-ethyl adjacent to an activating group) is 1. The molecule has 0 radical (unpaired) electrons. The van der Waals surface area contributed by atoms with Crippen LogP contribution in [0.4, 0.5) is 0 Å². The van der Waals surface area contributed by atoms with E-state index in [0.29, 0.717) is 17.9 Å². The first-order valence-corrected chi connectivity index (χ1v) is 8.09. The van der Waals surface area contributed by atoms with Crippen LogP contribution in [0.25, 0.3) is 0 Å². The van der Waals surface area contributed by atoms with Crippen LogP contribution in [0.15, 0.2) is 24.3 Å². The van der Waals surface area contributed by atoms with Crippen LogP contribution in [0.5, 0.6) is 0 Å². The van der Waals surface area contributed by atoms with E-state index in [1.54, 1.807) is 11.1 Å². The molecule has 2 nitrogen and oxygen atoms in total. The molecule has 1 fully saturated rings. The maximum absolute atomic E-state index is 6.36. The second-order valence-electron chi connectivity index (χ2n) is 7.05. The molecular weight excluding hydrogens is 244 g/mol. The molecule has 2 atom stereocenters. The van der Waals surface area contributed by atoms with Crippen molar-refractivity contribution in [3.63, 3.8) is 0 Å². The van der Waals surface area contributed by atoms with E-state index in [1.165, 1.54) is 25.7 Å². The topological polar surface area (TPSA) is 29.3 Å². The summed E-state index contributed by atoms with van der Waals surface area (Å²) in [4.78, 5) is 2.58. The molecule has 0 amide bonds.